The number of rotatable bonds is 8. The summed E-state index contributed by atoms with van der Waals surface area (Å²) < 4.78 is 41.4. The maximum Gasteiger partial charge on any atom is 0.418 e. The second-order valence-electron chi connectivity index (χ2n) is 7.76. The van der Waals surface area contributed by atoms with Crippen LogP contribution in [0.2, 0.25) is 10.0 Å². The van der Waals surface area contributed by atoms with Crippen molar-refractivity contribution < 1.29 is 22.8 Å². The molecule has 0 aliphatic carbocycles. The molecular formula is C25H18Cl2F3N5O2S. The van der Waals surface area contributed by atoms with E-state index in [9.17, 15) is 22.8 Å². The van der Waals surface area contributed by atoms with Crippen LogP contribution in [0.15, 0.2) is 78.0 Å². The van der Waals surface area contributed by atoms with Crippen molar-refractivity contribution in [1.29, 1.82) is 0 Å². The number of nitrogens with zero attached hydrogens (tertiary/aromatic N) is 3. The van der Waals surface area contributed by atoms with Crippen molar-refractivity contribution in [3.63, 3.8) is 0 Å². The molecule has 0 aliphatic heterocycles. The summed E-state index contributed by atoms with van der Waals surface area (Å²) in [5.41, 5.74) is -0.426. The Morgan fingerprint density at radius 3 is 2.39 bits per heavy atom. The third kappa shape index (κ3) is 6.66. The summed E-state index contributed by atoms with van der Waals surface area (Å²) in [6.45, 7) is -0.0325. The van der Waals surface area contributed by atoms with Gasteiger partial charge in [-0.1, -0.05) is 65.3 Å². The van der Waals surface area contributed by atoms with Crippen LogP contribution in [0.3, 0.4) is 0 Å². The van der Waals surface area contributed by atoms with Crippen LogP contribution in [0.5, 0.6) is 0 Å². The lowest BCUT2D eigenvalue weighted by Gasteiger charge is -2.14. The molecule has 2 N–H and O–H groups in total. The maximum absolute atomic E-state index is 13.3. The Labute approximate surface area is 229 Å². The number of nitrogens with one attached hydrogen (secondary N) is 2. The zero-order chi connectivity index (χ0) is 27.3. The summed E-state index contributed by atoms with van der Waals surface area (Å²) >= 11 is 13.1. The first-order chi connectivity index (χ1) is 18.1. The Bertz CT molecular complexity index is 1470. The minimum Gasteiger partial charge on any atom is -0.345 e. The number of carbonyl (C=O) groups excluding carboxylic acids is 2. The Hall–Kier alpha value is -3.54. The van der Waals surface area contributed by atoms with Gasteiger partial charge in [-0.2, -0.15) is 13.2 Å². The lowest BCUT2D eigenvalue weighted by Crippen LogP contribution is -2.25. The van der Waals surface area contributed by atoms with E-state index in [0.29, 0.717) is 21.7 Å². The SMILES string of the molecule is O=C(CSc1nnc(CNC(=O)c2cc(Cl)ccc2Cl)n1-c1ccccc1)Nc1ccccc1C(F)(F)F. The molecule has 0 unspecified atom stereocenters. The highest BCUT2D eigenvalue weighted by molar-refractivity contribution is 7.99. The second-order valence-corrected chi connectivity index (χ2v) is 9.54. The number of alkyl halides is 3. The maximum atomic E-state index is 13.3. The number of anilines is 1. The molecule has 0 aliphatic rings. The van der Waals surface area contributed by atoms with Crippen LogP contribution in [0.4, 0.5) is 18.9 Å². The van der Waals surface area contributed by atoms with Crippen molar-refractivity contribution in [2.75, 3.05) is 11.1 Å². The molecule has 38 heavy (non-hydrogen) atoms. The smallest absolute Gasteiger partial charge is 0.345 e. The first-order valence-electron chi connectivity index (χ1n) is 11.0. The molecule has 4 rings (SSSR count). The van der Waals surface area contributed by atoms with Gasteiger partial charge >= 0.3 is 6.18 Å². The van der Waals surface area contributed by atoms with E-state index in [1.54, 1.807) is 34.9 Å². The predicted molar refractivity (Wildman–Crippen MR) is 140 cm³/mol. The van der Waals surface area contributed by atoms with E-state index >= 15 is 0 Å². The minimum atomic E-state index is -4.61. The number of halogens is 5. The van der Waals surface area contributed by atoms with Gasteiger partial charge in [0.2, 0.25) is 5.91 Å². The van der Waals surface area contributed by atoms with E-state index in [1.165, 1.54) is 30.3 Å². The highest BCUT2D eigenvalue weighted by atomic mass is 35.5. The number of carbonyl (C=O) groups is 2. The van der Waals surface area contributed by atoms with Crippen LogP contribution < -0.4 is 10.6 Å². The molecule has 0 spiro atoms. The molecule has 0 saturated carbocycles. The fourth-order valence-corrected chi connectivity index (χ4v) is 4.57. The first-order valence-corrected chi connectivity index (χ1v) is 12.7. The highest BCUT2D eigenvalue weighted by Crippen LogP contribution is 2.34. The third-order valence-corrected chi connectivity index (χ3v) is 6.63. The van der Waals surface area contributed by atoms with Crippen LogP contribution in [0.25, 0.3) is 5.69 Å². The molecule has 0 fully saturated rings. The van der Waals surface area contributed by atoms with E-state index in [0.717, 1.165) is 17.8 Å². The quantitative estimate of drug-likeness (QED) is 0.241. The average Bonchev–Trinajstić information content (AvgIpc) is 3.30. The molecule has 1 heterocycles. The predicted octanol–water partition coefficient (Wildman–Crippen LogP) is 6.25. The largest absolute Gasteiger partial charge is 0.418 e. The molecule has 2 amide bonds. The summed E-state index contributed by atoms with van der Waals surface area (Å²) in [4.78, 5) is 25.2. The normalized spacial score (nSPS) is 11.3. The Kier molecular flexibility index (Phi) is 8.60. The van der Waals surface area contributed by atoms with Crippen molar-refractivity contribution >= 4 is 52.5 Å². The van der Waals surface area contributed by atoms with Gasteiger partial charge in [-0.15, -0.1) is 10.2 Å². The lowest BCUT2D eigenvalue weighted by molar-refractivity contribution is -0.137. The first kappa shape index (κ1) is 27.5. The van der Waals surface area contributed by atoms with Crippen LogP contribution in [0, 0.1) is 0 Å². The van der Waals surface area contributed by atoms with Crippen molar-refractivity contribution in [1.82, 2.24) is 20.1 Å². The molecule has 7 nitrogen and oxygen atoms in total. The summed E-state index contributed by atoms with van der Waals surface area (Å²) in [6, 6.07) is 18.2. The van der Waals surface area contributed by atoms with Gasteiger partial charge < -0.3 is 10.6 Å². The number of benzene rings is 3. The molecule has 196 valence electrons. The molecule has 0 atom stereocenters. The van der Waals surface area contributed by atoms with E-state index in [4.69, 9.17) is 23.2 Å². The number of amides is 2. The van der Waals surface area contributed by atoms with E-state index < -0.39 is 23.6 Å². The Morgan fingerprint density at radius 1 is 0.947 bits per heavy atom. The van der Waals surface area contributed by atoms with Crippen molar-refractivity contribution in [2.24, 2.45) is 0 Å². The fraction of sp³-hybridized carbons (Fsp3) is 0.120. The molecule has 0 saturated heterocycles. The van der Waals surface area contributed by atoms with E-state index in [1.807, 2.05) is 6.07 Å². The van der Waals surface area contributed by atoms with E-state index in [2.05, 4.69) is 20.8 Å². The van der Waals surface area contributed by atoms with E-state index in [-0.39, 0.29) is 28.6 Å². The summed E-state index contributed by atoms with van der Waals surface area (Å²) in [7, 11) is 0. The van der Waals surface area contributed by atoms with Gasteiger partial charge in [0, 0.05) is 10.7 Å². The second kappa shape index (κ2) is 11.9. The molecule has 3 aromatic carbocycles. The van der Waals surface area contributed by atoms with Gasteiger partial charge in [0.05, 0.1) is 34.1 Å². The summed E-state index contributed by atoms with van der Waals surface area (Å²) in [5, 5.41) is 14.2. The molecule has 0 radical (unpaired) electrons. The van der Waals surface area contributed by atoms with Crippen molar-refractivity contribution in [2.45, 2.75) is 17.9 Å². The minimum absolute atomic E-state index is 0.0325. The number of hydrogen-bond donors (Lipinski definition) is 2. The molecular weight excluding hydrogens is 562 g/mol. The summed E-state index contributed by atoms with van der Waals surface area (Å²) in [5.74, 6) is -1.01. The number of thioether (sulfide) groups is 1. The highest BCUT2D eigenvalue weighted by Gasteiger charge is 2.33. The molecule has 13 heteroatoms. The zero-order valence-electron chi connectivity index (χ0n) is 19.3. The van der Waals surface area contributed by atoms with Gasteiger partial charge in [0.1, 0.15) is 0 Å². The lowest BCUT2D eigenvalue weighted by atomic mass is 10.1. The fourth-order valence-electron chi connectivity index (χ4n) is 3.43. The Balaban J connectivity index is 1.50. The molecule has 0 bridgehead atoms. The van der Waals surface area contributed by atoms with Gasteiger partial charge in [-0.05, 0) is 42.5 Å². The van der Waals surface area contributed by atoms with Crippen LogP contribution in [-0.2, 0) is 17.5 Å². The summed E-state index contributed by atoms with van der Waals surface area (Å²) in [6.07, 6.45) is -4.61. The van der Waals surface area contributed by atoms with Gasteiger partial charge in [0.25, 0.3) is 5.91 Å². The molecule has 1 aromatic heterocycles. The van der Waals surface area contributed by atoms with Crippen molar-refractivity contribution in [3.8, 4) is 5.69 Å². The van der Waals surface area contributed by atoms with Gasteiger partial charge in [0.15, 0.2) is 11.0 Å². The van der Waals surface area contributed by atoms with Gasteiger partial charge in [-0.3, -0.25) is 14.2 Å². The standard InChI is InChI=1S/C25H18Cl2F3N5O2S/c26-15-10-11-19(27)17(12-15)23(37)31-13-21-33-34-24(35(21)16-6-2-1-3-7-16)38-14-22(36)32-20-9-5-4-8-18(20)25(28,29)30/h1-12H,13-14H2,(H,31,37)(H,32,36). The number of hydrogen-bond acceptors (Lipinski definition) is 5. The van der Waals surface area contributed by atoms with Crippen LogP contribution >= 0.6 is 35.0 Å². The van der Waals surface area contributed by atoms with Crippen molar-refractivity contribution in [3.05, 3.63) is 99.8 Å². The number of para-hydroxylation sites is 2. The monoisotopic (exact) mass is 579 g/mol. The van der Waals surface area contributed by atoms with Crippen LogP contribution in [-0.4, -0.2) is 32.3 Å². The zero-order valence-corrected chi connectivity index (χ0v) is 21.6. The van der Waals surface area contributed by atoms with Gasteiger partial charge in [-0.25, -0.2) is 0 Å². The Morgan fingerprint density at radius 2 is 1.66 bits per heavy atom. The molecule has 4 aromatic rings. The third-order valence-electron chi connectivity index (χ3n) is 5.13. The topological polar surface area (TPSA) is 88.9 Å². The van der Waals surface area contributed by atoms with Crippen LogP contribution in [0.1, 0.15) is 21.7 Å². The number of aromatic nitrogens is 3. The average molecular weight is 580 g/mol.